The Labute approximate surface area is 225 Å². The van der Waals surface area contributed by atoms with E-state index in [0.29, 0.717) is 41.2 Å². The molecule has 0 spiro atoms. The van der Waals surface area contributed by atoms with Gasteiger partial charge in [0.25, 0.3) is 17.5 Å². The summed E-state index contributed by atoms with van der Waals surface area (Å²) >= 11 is 1.48. The number of benzene rings is 2. The number of aryl methyl sites for hydroxylation is 1. The van der Waals surface area contributed by atoms with E-state index in [2.05, 4.69) is 22.2 Å². The van der Waals surface area contributed by atoms with E-state index in [0.717, 1.165) is 40.5 Å². The molecule has 1 fully saturated rings. The number of H-pyrrole nitrogens is 1. The van der Waals surface area contributed by atoms with Crippen molar-refractivity contribution in [2.75, 3.05) is 38.5 Å². The smallest absolute Gasteiger partial charge is 0.273 e. The number of hydrogen-bond acceptors (Lipinski definition) is 6. The molecule has 2 aliphatic rings. The number of amides is 2. The highest BCUT2D eigenvalue weighted by atomic mass is 32.2. The molecule has 0 saturated carbocycles. The predicted octanol–water partition coefficient (Wildman–Crippen LogP) is 4.71. The molecule has 3 aromatic rings. The summed E-state index contributed by atoms with van der Waals surface area (Å²) in [6, 6.07) is 12.4. The lowest BCUT2D eigenvalue weighted by Crippen LogP contribution is -2.47. The van der Waals surface area contributed by atoms with Gasteiger partial charge >= 0.3 is 0 Å². The Morgan fingerprint density at radius 2 is 1.87 bits per heavy atom. The number of anilines is 1. The van der Waals surface area contributed by atoms with Crippen molar-refractivity contribution in [1.82, 2.24) is 14.8 Å². The second-order valence-electron chi connectivity index (χ2n) is 9.65. The zero-order chi connectivity index (χ0) is 27.0. The van der Waals surface area contributed by atoms with Gasteiger partial charge in [0.15, 0.2) is 0 Å². The summed E-state index contributed by atoms with van der Waals surface area (Å²) in [5, 5.41) is 14.3. The summed E-state index contributed by atoms with van der Waals surface area (Å²) in [5.41, 5.74) is 5.72. The maximum Gasteiger partial charge on any atom is 0.273 e. The first-order chi connectivity index (χ1) is 18.2. The summed E-state index contributed by atoms with van der Waals surface area (Å²) in [4.78, 5) is 45.5. The van der Waals surface area contributed by atoms with E-state index < -0.39 is 0 Å². The van der Waals surface area contributed by atoms with Crippen LogP contribution < -0.4 is 5.32 Å². The maximum atomic E-state index is 13.3. The number of likely N-dealkylation sites (N-methyl/N-ethyl adjacent to an activating group) is 1. The third kappa shape index (κ3) is 4.97. The topological polar surface area (TPSA) is 112 Å². The molecular weight excluding hydrogens is 502 g/mol. The Bertz CT molecular complexity index is 1470. The van der Waals surface area contributed by atoms with E-state index in [1.807, 2.05) is 36.9 Å². The van der Waals surface area contributed by atoms with Crippen LogP contribution in [0.5, 0.6) is 0 Å². The van der Waals surface area contributed by atoms with E-state index in [1.165, 1.54) is 17.8 Å². The van der Waals surface area contributed by atoms with E-state index in [9.17, 15) is 19.7 Å². The first-order valence-corrected chi connectivity index (χ1v) is 13.4. The van der Waals surface area contributed by atoms with Crippen molar-refractivity contribution in [3.8, 4) is 0 Å². The number of piperazine rings is 1. The minimum absolute atomic E-state index is 0.0129. The van der Waals surface area contributed by atoms with Crippen LogP contribution in [0.1, 0.15) is 38.4 Å². The second-order valence-corrected chi connectivity index (χ2v) is 10.7. The third-order valence-corrected chi connectivity index (χ3v) is 8.17. The van der Waals surface area contributed by atoms with Crippen LogP contribution >= 0.6 is 11.8 Å². The lowest BCUT2D eigenvalue weighted by molar-refractivity contribution is -0.385. The van der Waals surface area contributed by atoms with Crippen molar-refractivity contribution in [3.05, 3.63) is 86.2 Å². The Hall–Kier alpha value is -3.89. The number of para-hydroxylation sites is 1. The number of fused-ring (bicyclic) bond motifs is 1. The molecule has 2 aliphatic heterocycles. The monoisotopic (exact) mass is 531 g/mol. The molecule has 0 unspecified atom stereocenters. The van der Waals surface area contributed by atoms with Crippen LogP contribution in [-0.2, 0) is 10.5 Å². The van der Waals surface area contributed by atoms with Gasteiger partial charge in [-0.05, 0) is 50.7 Å². The van der Waals surface area contributed by atoms with Gasteiger partial charge in [-0.2, -0.15) is 0 Å². The van der Waals surface area contributed by atoms with Crippen LogP contribution in [0.4, 0.5) is 11.4 Å². The molecule has 0 aliphatic carbocycles. The Balaban J connectivity index is 1.40. The average molecular weight is 532 g/mol. The van der Waals surface area contributed by atoms with E-state index >= 15 is 0 Å². The number of nitrogens with one attached hydrogen (secondary N) is 2. The summed E-state index contributed by atoms with van der Waals surface area (Å²) in [5.74, 6) is 0.238. The molecule has 2 N–H and O–H groups in total. The number of nitro groups is 1. The largest absolute Gasteiger partial charge is 0.358 e. The molecule has 3 heterocycles. The lowest BCUT2D eigenvalue weighted by Gasteiger charge is -2.32. The van der Waals surface area contributed by atoms with Gasteiger partial charge in [0.05, 0.1) is 16.1 Å². The highest BCUT2D eigenvalue weighted by Gasteiger charge is 2.28. The Kier molecular flexibility index (Phi) is 7.09. The second kappa shape index (κ2) is 10.5. The van der Waals surface area contributed by atoms with Crippen molar-refractivity contribution in [1.29, 1.82) is 0 Å². The number of aromatic nitrogens is 1. The quantitative estimate of drug-likeness (QED) is 0.206. The standard InChI is InChI=1S/C28H29N5O4S/c1-17-24(29-18(2)26(17)28(35)32-12-10-31(3)11-13-32)15-22-21-14-20(8-9-23(21)30-27(22)34)38-16-19-6-4-5-7-25(19)33(36)37/h4-9,14-15,29H,10-13,16H2,1-3H3,(H,30,34)/b22-15-. The van der Waals surface area contributed by atoms with Crippen LogP contribution in [0.15, 0.2) is 47.4 Å². The van der Waals surface area contributed by atoms with Gasteiger partial charge < -0.3 is 20.1 Å². The van der Waals surface area contributed by atoms with Crippen LogP contribution in [0.25, 0.3) is 11.6 Å². The first kappa shape index (κ1) is 25.7. The molecule has 38 heavy (non-hydrogen) atoms. The predicted molar refractivity (Wildman–Crippen MR) is 149 cm³/mol. The Morgan fingerprint density at radius 3 is 2.61 bits per heavy atom. The fraction of sp³-hybridized carbons (Fsp3) is 0.286. The van der Waals surface area contributed by atoms with Gasteiger partial charge in [0, 0.05) is 71.1 Å². The molecule has 196 valence electrons. The number of carbonyl (C=O) groups excluding carboxylic acids is 2. The number of carbonyl (C=O) groups is 2. The SMILES string of the molecule is Cc1[nH]c(/C=C2\C(=O)Nc3ccc(SCc4ccccc4[N+](=O)[O-])cc32)c(C)c1C(=O)N1CCN(C)CC1. The van der Waals surface area contributed by atoms with E-state index in [1.54, 1.807) is 24.3 Å². The summed E-state index contributed by atoms with van der Waals surface area (Å²) in [6.07, 6.45) is 1.81. The van der Waals surface area contributed by atoms with Gasteiger partial charge in [0.2, 0.25) is 0 Å². The van der Waals surface area contributed by atoms with Gasteiger partial charge in [-0.15, -0.1) is 11.8 Å². The number of nitro benzene ring substituents is 1. The van der Waals surface area contributed by atoms with Gasteiger partial charge in [-0.3, -0.25) is 19.7 Å². The summed E-state index contributed by atoms with van der Waals surface area (Å²) < 4.78 is 0. The number of hydrogen-bond donors (Lipinski definition) is 2. The van der Waals surface area contributed by atoms with Crippen molar-refractivity contribution < 1.29 is 14.5 Å². The molecule has 5 rings (SSSR count). The van der Waals surface area contributed by atoms with Gasteiger partial charge in [-0.1, -0.05) is 18.2 Å². The zero-order valence-corrected chi connectivity index (χ0v) is 22.4. The number of aromatic amines is 1. The van der Waals surface area contributed by atoms with Gasteiger partial charge in [0.1, 0.15) is 0 Å². The number of thioether (sulfide) groups is 1. The lowest BCUT2D eigenvalue weighted by atomic mass is 10.0. The first-order valence-electron chi connectivity index (χ1n) is 12.4. The maximum absolute atomic E-state index is 13.3. The molecule has 10 heteroatoms. The van der Waals surface area contributed by atoms with Crippen molar-refractivity contribution in [2.24, 2.45) is 0 Å². The molecule has 0 atom stereocenters. The van der Waals surface area contributed by atoms with Crippen molar-refractivity contribution >= 4 is 46.6 Å². The van der Waals surface area contributed by atoms with Crippen LogP contribution in [0, 0.1) is 24.0 Å². The average Bonchev–Trinajstić information content (AvgIpc) is 3.36. The molecule has 0 radical (unpaired) electrons. The number of rotatable bonds is 6. The Morgan fingerprint density at radius 1 is 1.13 bits per heavy atom. The molecule has 9 nitrogen and oxygen atoms in total. The van der Waals surface area contributed by atoms with E-state index in [4.69, 9.17) is 0 Å². The summed E-state index contributed by atoms with van der Waals surface area (Å²) in [6.45, 7) is 6.88. The van der Waals surface area contributed by atoms with Crippen LogP contribution in [-0.4, -0.2) is 64.7 Å². The molecule has 1 saturated heterocycles. The molecule has 0 bridgehead atoms. The van der Waals surface area contributed by atoms with Crippen LogP contribution in [0.2, 0.25) is 0 Å². The van der Waals surface area contributed by atoms with E-state index in [-0.39, 0.29) is 22.4 Å². The van der Waals surface area contributed by atoms with Crippen molar-refractivity contribution in [3.63, 3.8) is 0 Å². The fourth-order valence-corrected chi connectivity index (χ4v) is 5.86. The van der Waals surface area contributed by atoms with Crippen molar-refractivity contribution in [2.45, 2.75) is 24.5 Å². The molecule has 1 aromatic heterocycles. The minimum atomic E-state index is -0.370. The van der Waals surface area contributed by atoms with Gasteiger partial charge in [-0.25, -0.2) is 0 Å². The zero-order valence-electron chi connectivity index (χ0n) is 21.5. The molecular formula is C28H29N5O4S. The normalized spacial score (nSPS) is 16.6. The highest BCUT2D eigenvalue weighted by Crippen LogP contribution is 2.38. The molecule has 2 amide bonds. The summed E-state index contributed by atoms with van der Waals surface area (Å²) in [7, 11) is 2.05. The fourth-order valence-electron chi connectivity index (χ4n) is 4.92. The number of nitrogens with zero attached hydrogens (tertiary/aromatic N) is 3. The highest BCUT2D eigenvalue weighted by molar-refractivity contribution is 7.98. The van der Waals surface area contributed by atoms with Crippen LogP contribution in [0.3, 0.4) is 0 Å². The molecule has 2 aromatic carbocycles. The third-order valence-electron chi connectivity index (χ3n) is 7.13. The minimum Gasteiger partial charge on any atom is -0.358 e.